The Morgan fingerprint density at radius 3 is 2.62 bits per heavy atom. The SMILES string of the molecule is Cc1cc(C(=O)NCC2CNCC2O)c(C)n1C(C)c1ccccc1.Cl. The summed E-state index contributed by atoms with van der Waals surface area (Å²) in [6.07, 6.45) is -0.383. The second kappa shape index (κ2) is 8.71. The molecule has 3 rings (SSSR count). The van der Waals surface area contributed by atoms with Gasteiger partial charge >= 0.3 is 0 Å². The summed E-state index contributed by atoms with van der Waals surface area (Å²) in [6, 6.07) is 12.4. The van der Waals surface area contributed by atoms with E-state index in [1.807, 2.05) is 38.1 Å². The van der Waals surface area contributed by atoms with E-state index in [0.29, 0.717) is 18.7 Å². The first-order valence-corrected chi connectivity index (χ1v) is 8.89. The lowest BCUT2D eigenvalue weighted by molar-refractivity contribution is 0.0926. The minimum absolute atomic E-state index is 0. The van der Waals surface area contributed by atoms with E-state index < -0.39 is 0 Å². The summed E-state index contributed by atoms with van der Waals surface area (Å²) >= 11 is 0. The van der Waals surface area contributed by atoms with Gasteiger partial charge in [0.15, 0.2) is 0 Å². The Kier molecular flexibility index (Phi) is 6.87. The van der Waals surface area contributed by atoms with Crippen LogP contribution in [0.15, 0.2) is 36.4 Å². The monoisotopic (exact) mass is 377 g/mol. The summed E-state index contributed by atoms with van der Waals surface area (Å²) in [5, 5.41) is 16.0. The van der Waals surface area contributed by atoms with Crippen LogP contribution >= 0.6 is 12.4 Å². The van der Waals surface area contributed by atoms with Crippen molar-refractivity contribution in [3.8, 4) is 0 Å². The summed E-state index contributed by atoms with van der Waals surface area (Å²) in [5.41, 5.74) is 3.97. The second-order valence-electron chi connectivity index (χ2n) is 6.94. The smallest absolute Gasteiger partial charge is 0.253 e. The zero-order chi connectivity index (χ0) is 18.0. The number of carbonyl (C=O) groups excluding carboxylic acids is 1. The van der Waals surface area contributed by atoms with Gasteiger partial charge in [-0.25, -0.2) is 0 Å². The van der Waals surface area contributed by atoms with E-state index in [0.717, 1.165) is 17.9 Å². The molecular formula is C20H28ClN3O2. The molecule has 3 atom stereocenters. The summed E-state index contributed by atoms with van der Waals surface area (Å²) in [7, 11) is 0. The highest BCUT2D eigenvalue weighted by Gasteiger charge is 2.26. The topological polar surface area (TPSA) is 66.3 Å². The largest absolute Gasteiger partial charge is 0.391 e. The Labute approximate surface area is 161 Å². The molecule has 1 aromatic carbocycles. The van der Waals surface area contributed by atoms with Crippen LogP contribution in [0, 0.1) is 19.8 Å². The van der Waals surface area contributed by atoms with Gasteiger partial charge in [0.05, 0.1) is 17.7 Å². The third-order valence-corrected chi connectivity index (χ3v) is 5.23. The average molecular weight is 378 g/mol. The third kappa shape index (κ3) is 4.11. The lowest BCUT2D eigenvalue weighted by Gasteiger charge is -2.19. The van der Waals surface area contributed by atoms with Gasteiger partial charge in [-0.3, -0.25) is 4.79 Å². The zero-order valence-electron chi connectivity index (χ0n) is 15.5. The number of amides is 1. The highest BCUT2D eigenvalue weighted by atomic mass is 35.5. The molecule has 0 spiro atoms. The summed E-state index contributed by atoms with van der Waals surface area (Å²) in [6.45, 7) is 8.01. The van der Waals surface area contributed by atoms with Gasteiger partial charge in [-0.15, -0.1) is 12.4 Å². The molecule has 3 unspecified atom stereocenters. The zero-order valence-corrected chi connectivity index (χ0v) is 16.3. The molecule has 1 saturated heterocycles. The first-order chi connectivity index (χ1) is 12.0. The van der Waals surface area contributed by atoms with E-state index in [2.05, 4.69) is 34.3 Å². The number of aliphatic hydroxyl groups excluding tert-OH is 1. The molecule has 0 bridgehead atoms. The number of rotatable bonds is 5. The highest BCUT2D eigenvalue weighted by molar-refractivity contribution is 5.95. The fourth-order valence-electron chi connectivity index (χ4n) is 3.73. The molecule has 1 fully saturated rings. The van der Waals surface area contributed by atoms with Gasteiger partial charge in [0.1, 0.15) is 0 Å². The Bertz CT molecular complexity index is 745. The number of aliphatic hydroxyl groups is 1. The number of nitrogens with one attached hydrogen (secondary N) is 2. The van der Waals surface area contributed by atoms with Crippen LogP contribution in [0.3, 0.4) is 0 Å². The molecular weight excluding hydrogens is 350 g/mol. The maximum atomic E-state index is 12.6. The van der Waals surface area contributed by atoms with Crippen molar-refractivity contribution in [3.05, 3.63) is 58.9 Å². The molecule has 1 amide bonds. The van der Waals surface area contributed by atoms with Gasteiger partial charge < -0.3 is 20.3 Å². The quantitative estimate of drug-likeness (QED) is 0.749. The molecule has 0 aliphatic carbocycles. The van der Waals surface area contributed by atoms with E-state index in [9.17, 15) is 9.90 Å². The number of halogens is 1. The van der Waals surface area contributed by atoms with E-state index in [4.69, 9.17) is 0 Å². The van der Waals surface area contributed by atoms with E-state index >= 15 is 0 Å². The van der Waals surface area contributed by atoms with Crippen LogP contribution in [-0.4, -0.2) is 41.3 Å². The number of nitrogens with zero attached hydrogens (tertiary/aromatic N) is 1. The Morgan fingerprint density at radius 1 is 1.31 bits per heavy atom. The van der Waals surface area contributed by atoms with Crippen LogP contribution in [0.2, 0.25) is 0 Å². The van der Waals surface area contributed by atoms with Gasteiger partial charge in [0, 0.05) is 36.9 Å². The molecule has 2 heterocycles. The Hall–Kier alpha value is -1.82. The molecule has 1 aliphatic rings. The minimum Gasteiger partial charge on any atom is -0.391 e. The van der Waals surface area contributed by atoms with Crippen LogP contribution in [0.4, 0.5) is 0 Å². The highest BCUT2D eigenvalue weighted by Crippen LogP contribution is 2.25. The normalized spacial score (nSPS) is 20.5. The molecule has 2 aromatic rings. The van der Waals surface area contributed by atoms with Crippen LogP contribution in [0.1, 0.15) is 40.3 Å². The first kappa shape index (κ1) is 20.5. The number of hydrogen-bond donors (Lipinski definition) is 3. The average Bonchev–Trinajstić information content (AvgIpc) is 3.15. The summed E-state index contributed by atoms with van der Waals surface area (Å²) in [4.78, 5) is 12.6. The van der Waals surface area contributed by atoms with Crippen molar-refractivity contribution >= 4 is 18.3 Å². The van der Waals surface area contributed by atoms with E-state index in [1.54, 1.807) is 0 Å². The number of β-amino-alcohol motifs (C(OH)–C–C–N with tert-alkyl or cyclic N) is 1. The summed E-state index contributed by atoms with van der Waals surface area (Å²) < 4.78 is 2.20. The van der Waals surface area contributed by atoms with E-state index in [1.165, 1.54) is 5.56 Å². The predicted octanol–water partition coefficient (Wildman–Crippen LogP) is 2.45. The molecule has 26 heavy (non-hydrogen) atoms. The fraction of sp³-hybridized carbons (Fsp3) is 0.450. The molecule has 1 aliphatic heterocycles. The van der Waals surface area contributed by atoms with Crippen molar-refractivity contribution in [3.63, 3.8) is 0 Å². The van der Waals surface area contributed by atoms with Crippen LogP contribution < -0.4 is 10.6 Å². The first-order valence-electron chi connectivity index (χ1n) is 8.89. The maximum Gasteiger partial charge on any atom is 0.253 e. The third-order valence-electron chi connectivity index (χ3n) is 5.23. The standard InChI is InChI=1S/C20H27N3O2.ClH/c1-13-9-18(20(25)22-11-17-10-21-12-19(17)24)15(3)23(13)14(2)16-7-5-4-6-8-16;/h4-9,14,17,19,21,24H,10-12H2,1-3H3,(H,22,25);1H. The minimum atomic E-state index is -0.383. The van der Waals surface area contributed by atoms with Crippen molar-refractivity contribution in [2.45, 2.75) is 32.9 Å². The van der Waals surface area contributed by atoms with Gasteiger partial charge in [-0.2, -0.15) is 0 Å². The summed E-state index contributed by atoms with van der Waals surface area (Å²) in [5.74, 6) is 0.00870. The van der Waals surface area contributed by atoms with Gasteiger partial charge in [0.2, 0.25) is 0 Å². The van der Waals surface area contributed by atoms with Gasteiger partial charge in [-0.1, -0.05) is 30.3 Å². The number of aromatic nitrogens is 1. The Morgan fingerprint density at radius 2 is 2.00 bits per heavy atom. The molecule has 142 valence electrons. The number of aryl methyl sites for hydroxylation is 1. The fourth-order valence-corrected chi connectivity index (χ4v) is 3.73. The number of hydrogen-bond acceptors (Lipinski definition) is 3. The van der Waals surface area contributed by atoms with E-state index in [-0.39, 0.29) is 36.4 Å². The molecule has 0 saturated carbocycles. The number of benzene rings is 1. The van der Waals surface area contributed by atoms with Crippen molar-refractivity contribution < 1.29 is 9.90 Å². The van der Waals surface area contributed by atoms with Crippen LogP contribution in [0.5, 0.6) is 0 Å². The van der Waals surface area contributed by atoms with Gasteiger partial charge in [0.25, 0.3) is 5.91 Å². The van der Waals surface area contributed by atoms with Crippen molar-refractivity contribution in [2.75, 3.05) is 19.6 Å². The van der Waals surface area contributed by atoms with Crippen LogP contribution in [-0.2, 0) is 0 Å². The van der Waals surface area contributed by atoms with Crippen molar-refractivity contribution in [1.29, 1.82) is 0 Å². The molecule has 1 aromatic heterocycles. The second-order valence-corrected chi connectivity index (χ2v) is 6.94. The van der Waals surface area contributed by atoms with Crippen molar-refractivity contribution in [2.24, 2.45) is 5.92 Å². The molecule has 0 radical (unpaired) electrons. The predicted molar refractivity (Wildman–Crippen MR) is 106 cm³/mol. The lowest BCUT2D eigenvalue weighted by atomic mass is 10.1. The Balaban J connectivity index is 0.00000243. The lowest BCUT2D eigenvalue weighted by Crippen LogP contribution is -2.34. The number of carbonyl (C=O) groups is 1. The van der Waals surface area contributed by atoms with Gasteiger partial charge in [-0.05, 0) is 32.4 Å². The molecule has 5 nitrogen and oxygen atoms in total. The maximum absolute atomic E-state index is 12.6. The van der Waals surface area contributed by atoms with Crippen LogP contribution in [0.25, 0.3) is 0 Å². The van der Waals surface area contributed by atoms with Crippen molar-refractivity contribution in [1.82, 2.24) is 15.2 Å². The molecule has 3 N–H and O–H groups in total. The molecule has 6 heteroatoms.